The molecular formula is C15H27N5. The van der Waals surface area contributed by atoms with Gasteiger partial charge in [-0.3, -0.25) is 4.90 Å². The van der Waals surface area contributed by atoms with E-state index in [0.717, 1.165) is 31.4 Å². The number of fused-ring (bicyclic) bond motifs is 1. The van der Waals surface area contributed by atoms with Gasteiger partial charge in [0.25, 0.3) is 0 Å². The summed E-state index contributed by atoms with van der Waals surface area (Å²) in [6.45, 7) is 8.64. The van der Waals surface area contributed by atoms with Crippen LogP contribution >= 0.6 is 0 Å². The standard InChI is InChI=1S/C15H27N5/c1-11(2)6-20-15(17-10-18-20)9-19-7-12-4-3-5-14(16)13(12)8-19/h10-14H,3-9,16H2,1-2H3. The molecule has 1 saturated carbocycles. The highest BCUT2D eigenvalue weighted by molar-refractivity contribution is 4.95. The number of nitrogens with zero attached hydrogens (tertiary/aromatic N) is 4. The lowest BCUT2D eigenvalue weighted by Crippen LogP contribution is -2.38. The first-order valence-electron chi connectivity index (χ1n) is 7.98. The average molecular weight is 277 g/mol. The fourth-order valence-electron chi connectivity index (χ4n) is 3.85. The molecule has 112 valence electrons. The molecule has 3 unspecified atom stereocenters. The first-order valence-corrected chi connectivity index (χ1v) is 7.98. The summed E-state index contributed by atoms with van der Waals surface area (Å²) in [5.74, 6) is 3.21. The Hall–Kier alpha value is -0.940. The first-order chi connectivity index (χ1) is 9.63. The molecule has 5 nitrogen and oxygen atoms in total. The van der Waals surface area contributed by atoms with Crippen molar-refractivity contribution in [2.45, 2.75) is 52.2 Å². The summed E-state index contributed by atoms with van der Waals surface area (Å²) in [6.07, 6.45) is 5.55. The van der Waals surface area contributed by atoms with Gasteiger partial charge in [0.15, 0.2) is 0 Å². The zero-order valence-corrected chi connectivity index (χ0v) is 12.7. The molecule has 0 bridgehead atoms. The summed E-state index contributed by atoms with van der Waals surface area (Å²) in [6, 6.07) is 0.410. The summed E-state index contributed by atoms with van der Waals surface area (Å²) in [4.78, 5) is 6.98. The highest BCUT2D eigenvalue weighted by Crippen LogP contribution is 2.35. The second-order valence-electron chi connectivity index (χ2n) is 6.96. The second kappa shape index (κ2) is 5.82. The number of aromatic nitrogens is 3. The summed E-state index contributed by atoms with van der Waals surface area (Å²) >= 11 is 0. The molecule has 2 N–H and O–H groups in total. The van der Waals surface area contributed by atoms with Gasteiger partial charge < -0.3 is 5.73 Å². The summed E-state index contributed by atoms with van der Waals surface area (Å²) in [5, 5.41) is 4.36. The third kappa shape index (κ3) is 2.88. The Kier molecular flexibility index (Phi) is 4.08. The van der Waals surface area contributed by atoms with Crippen LogP contribution in [-0.4, -0.2) is 38.8 Å². The van der Waals surface area contributed by atoms with E-state index in [1.807, 2.05) is 0 Å². The van der Waals surface area contributed by atoms with Crippen molar-refractivity contribution < 1.29 is 0 Å². The van der Waals surface area contributed by atoms with Gasteiger partial charge in [-0.1, -0.05) is 20.3 Å². The highest BCUT2D eigenvalue weighted by atomic mass is 15.4. The molecule has 1 aromatic heterocycles. The van der Waals surface area contributed by atoms with E-state index in [0.29, 0.717) is 17.9 Å². The smallest absolute Gasteiger partial charge is 0.141 e. The van der Waals surface area contributed by atoms with E-state index in [1.54, 1.807) is 6.33 Å². The van der Waals surface area contributed by atoms with E-state index in [4.69, 9.17) is 5.73 Å². The van der Waals surface area contributed by atoms with Crippen molar-refractivity contribution in [1.82, 2.24) is 19.7 Å². The number of nitrogens with two attached hydrogens (primary N) is 1. The molecule has 2 aliphatic rings. The Morgan fingerprint density at radius 1 is 1.35 bits per heavy atom. The van der Waals surface area contributed by atoms with Crippen molar-refractivity contribution in [2.24, 2.45) is 23.5 Å². The molecular weight excluding hydrogens is 250 g/mol. The molecule has 20 heavy (non-hydrogen) atoms. The third-order valence-corrected chi connectivity index (χ3v) is 4.83. The van der Waals surface area contributed by atoms with Crippen LogP contribution in [0, 0.1) is 17.8 Å². The van der Waals surface area contributed by atoms with Crippen molar-refractivity contribution >= 4 is 0 Å². The molecule has 3 atom stereocenters. The van der Waals surface area contributed by atoms with Crippen LogP contribution in [0.25, 0.3) is 0 Å². The number of hydrogen-bond donors (Lipinski definition) is 1. The van der Waals surface area contributed by atoms with Crippen molar-refractivity contribution in [1.29, 1.82) is 0 Å². The number of rotatable bonds is 4. The zero-order valence-electron chi connectivity index (χ0n) is 12.7. The Morgan fingerprint density at radius 3 is 2.95 bits per heavy atom. The fourth-order valence-corrected chi connectivity index (χ4v) is 3.85. The minimum absolute atomic E-state index is 0.410. The van der Waals surface area contributed by atoms with Gasteiger partial charge in [0.2, 0.25) is 0 Å². The van der Waals surface area contributed by atoms with Crippen LogP contribution in [0.15, 0.2) is 6.33 Å². The first kappa shape index (κ1) is 14.0. The molecule has 1 aliphatic carbocycles. The van der Waals surface area contributed by atoms with Crippen LogP contribution in [0.2, 0.25) is 0 Å². The molecule has 1 aliphatic heterocycles. The largest absolute Gasteiger partial charge is 0.327 e. The van der Waals surface area contributed by atoms with Gasteiger partial charge in [0, 0.05) is 25.7 Å². The summed E-state index contributed by atoms with van der Waals surface area (Å²) in [7, 11) is 0. The fraction of sp³-hybridized carbons (Fsp3) is 0.867. The third-order valence-electron chi connectivity index (χ3n) is 4.83. The zero-order chi connectivity index (χ0) is 14.1. The molecule has 2 heterocycles. The van der Waals surface area contributed by atoms with Crippen LogP contribution in [0.4, 0.5) is 0 Å². The lowest BCUT2D eigenvalue weighted by atomic mass is 9.78. The van der Waals surface area contributed by atoms with Gasteiger partial charge in [0.1, 0.15) is 12.2 Å². The van der Waals surface area contributed by atoms with Gasteiger partial charge >= 0.3 is 0 Å². The van der Waals surface area contributed by atoms with Gasteiger partial charge in [-0.15, -0.1) is 0 Å². The lowest BCUT2D eigenvalue weighted by molar-refractivity contribution is 0.258. The van der Waals surface area contributed by atoms with Gasteiger partial charge in [0.05, 0.1) is 6.54 Å². The van der Waals surface area contributed by atoms with Crippen LogP contribution in [0.3, 0.4) is 0 Å². The molecule has 0 aromatic carbocycles. The van der Waals surface area contributed by atoms with Crippen molar-refractivity contribution in [3.63, 3.8) is 0 Å². The van der Waals surface area contributed by atoms with E-state index < -0.39 is 0 Å². The molecule has 5 heteroatoms. The van der Waals surface area contributed by atoms with Crippen LogP contribution in [-0.2, 0) is 13.1 Å². The minimum atomic E-state index is 0.410. The maximum absolute atomic E-state index is 6.29. The van der Waals surface area contributed by atoms with Crippen molar-refractivity contribution in [2.75, 3.05) is 13.1 Å². The van der Waals surface area contributed by atoms with Gasteiger partial charge in [-0.05, 0) is 30.6 Å². The van der Waals surface area contributed by atoms with E-state index in [1.165, 1.54) is 25.8 Å². The average Bonchev–Trinajstić information content (AvgIpc) is 2.97. The van der Waals surface area contributed by atoms with E-state index in [-0.39, 0.29) is 0 Å². The Balaban J connectivity index is 1.63. The summed E-state index contributed by atoms with van der Waals surface area (Å²) in [5.41, 5.74) is 6.29. The highest BCUT2D eigenvalue weighted by Gasteiger charge is 2.38. The maximum Gasteiger partial charge on any atom is 0.141 e. The van der Waals surface area contributed by atoms with E-state index in [2.05, 4.69) is 33.5 Å². The van der Waals surface area contributed by atoms with E-state index in [9.17, 15) is 0 Å². The van der Waals surface area contributed by atoms with Crippen molar-refractivity contribution in [3.8, 4) is 0 Å². The molecule has 0 amide bonds. The Morgan fingerprint density at radius 2 is 2.20 bits per heavy atom. The quantitative estimate of drug-likeness (QED) is 0.906. The number of hydrogen-bond acceptors (Lipinski definition) is 4. The topological polar surface area (TPSA) is 60.0 Å². The molecule has 1 saturated heterocycles. The van der Waals surface area contributed by atoms with Crippen LogP contribution in [0.1, 0.15) is 38.9 Å². The Labute approximate surface area is 121 Å². The normalized spacial score (nSPS) is 30.9. The molecule has 1 aromatic rings. The minimum Gasteiger partial charge on any atom is -0.327 e. The van der Waals surface area contributed by atoms with Gasteiger partial charge in [-0.25, -0.2) is 9.67 Å². The monoisotopic (exact) mass is 277 g/mol. The molecule has 3 rings (SSSR count). The van der Waals surface area contributed by atoms with Gasteiger partial charge in [-0.2, -0.15) is 5.10 Å². The van der Waals surface area contributed by atoms with Crippen molar-refractivity contribution in [3.05, 3.63) is 12.2 Å². The summed E-state index contributed by atoms with van der Waals surface area (Å²) < 4.78 is 2.06. The van der Waals surface area contributed by atoms with E-state index >= 15 is 0 Å². The Bertz CT molecular complexity index is 441. The lowest BCUT2D eigenvalue weighted by Gasteiger charge is -2.29. The molecule has 0 spiro atoms. The SMILES string of the molecule is CC(C)Cn1ncnc1CN1CC2CCCC(N)C2C1. The van der Waals surface area contributed by atoms with Crippen LogP contribution in [0.5, 0.6) is 0 Å². The second-order valence-corrected chi connectivity index (χ2v) is 6.96. The number of likely N-dealkylation sites (tertiary alicyclic amines) is 1. The van der Waals surface area contributed by atoms with Crippen LogP contribution < -0.4 is 5.73 Å². The maximum atomic E-state index is 6.29. The molecule has 2 fully saturated rings. The predicted octanol–water partition coefficient (Wildman–Crippen LogP) is 1.49. The molecule has 0 radical (unpaired) electrons. The predicted molar refractivity (Wildman–Crippen MR) is 78.9 cm³/mol.